The van der Waals surface area contributed by atoms with Gasteiger partial charge >= 0.3 is 0 Å². The average molecular weight is 407 g/mol. The summed E-state index contributed by atoms with van der Waals surface area (Å²) in [5.74, 6) is -0.141. The number of benzene rings is 2. The van der Waals surface area contributed by atoms with Gasteiger partial charge in [-0.25, -0.2) is 4.68 Å². The Hall–Kier alpha value is -3.06. The highest BCUT2D eigenvalue weighted by atomic mass is 32.2. The Morgan fingerprint density at radius 2 is 1.90 bits per heavy atom. The van der Waals surface area contributed by atoms with Crippen LogP contribution in [0.1, 0.15) is 31.9 Å². The quantitative estimate of drug-likeness (QED) is 0.619. The summed E-state index contributed by atoms with van der Waals surface area (Å²) in [6, 6.07) is 19.3. The van der Waals surface area contributed by atoms with Gasteiger partial charge < -0.3 is 10.6 Å². The number of para-hydroxylation sites is 1. The van der Waals surface area contributed by atoms with E-state index in [1.54, 1.807) is 23.9 Å². The van der Waals surface area contributed by atoms with Crippen LogP contribution in [0.3, 0.4) is 0 Å². The molecule has 1 aliphatic rings. The van der Waals surface area contributed by atoms with Crippen LogP contribution in [0.5, 0.6) is 0 Å². The van der Waals surface area contributed by atoms with Gasteiger partial charge in [0.15, 0.2) is 4.75 Å². The molecule has 1 aromatic heterocycles. The minimum absolute atomic E-state index is 0.0112. The van der Waals surface area contributed by atoms with Crippen molar-refractivity contribution in [3.05, 3.63) is 72.4 Å². The molecule has 0 spiro atoms. The van der Waals surface area contributed by atoms with Crippen LogP contribution < -0.4 is 10.6 Å². The first-order valence-corrected chi connectivity index (χ1v) is 10.3. The van der Waals surface area contributed by atoms with Gasteiger partial charge in [0.2, 0.25) is 5.91 Å². The molecule has 2 aromatic carbocycles. The van der Waals surface area contributed by atoms with E-state index in [9.17, 15) is 9.59 Å². The molecular formula is C22H22N4O2S. The predicted octanol–water partition coefficient (Wildman–Crippen LogP) is 4.32. The highest BCUT2D eigenvalue weighted by Gasteiger charge is 2.46. The Bertz CT molecular complexity index is 1050. The largest absolute Gasteiger partial charge is 0.323 e. The van der Waals surface area contributed by atoms with E-state index in [2.05, 4.69) is 22.7 Å². The Morgan fingerprint density at radius 1 is 1.17 bits per heavy atom. The van der Waals surface area contributed by atoms with E-state index in [4.69, 9.17) is 0 Å². The monoisotopic (exact) mass is 406 g/mol. The summed E-state index contributed by atoms with van der Waals surface area (Å²) >= 11 is 1.26. The number of nitrogens with one attached hydrogen (secondary N) is 2. The second-order valence-corrected chi connectivity index (χ2v) is 8.50. The molecule has 29 heavy (non-hydrogen) atoms. The average Bonchev–Trinajstić information content (AvgIpc) is 3.18. The topological polar surface area (TPSA) is 76.0 Å². The van der Waals surface area contributed by atoms with Gasteiger partial charge in [-0.2, -0.15) is 5.10 Å². The molecule has 2 amide bonds. The lowest BCUT2D eigenvalue weighted by atomic mass is 10.0. The first-order chi connectivity index (χ1) is 14.0. The lowest BCUT2D eigenvalue weighted by Crippen LogP contribution is -2.49. The maximum Gasteiger partial charge on any atom is 0.251 e. The van der Waals surface area contributed by atoms with Crippen molar-refractivity contribution in [1.29, 1.82) is 0 Å². The fourth-order valence-corrected chi connectivity index (χ4v) is 4.54. The summed E-state index contributed by atoms with van der Waals surface area (Å²) in [7, 11) is 0. The molecule has 0 saturated heterocycles. The van der Waals surface area contributed by atoms with Crippen molar-refractivity contribution in [2.45, 2.75) is 36.0 Å². The molecule has 0 radical (unpaired) electrons. The second-order valence-electron chi connectivity index (χ2n) is 7.04. The number of nitrogens with zero attached hydrogens (tertiary/aromatic N) is 2. The van der Waals surface area contributed by atoms with Gasteiger partial charge in [0.05, 0.1) is 17.9 Å². The Kier molecular flexibility index (Phi) is 5.15. The number of fused-ring (bicyclic) bond motifs is 1. The lowest BCUT2D eigenvalue weighted by Gasteiger charge is -2.32. The first kappa shape index (κ1) is 19.3. The molecule has 0 saturated carbocycles. The number of thioether (sulfide) groups is 1. The predicted molar refractivity (Wildman–Crippen MR) is 115 cm³/mol. The smallest absolute Gasteiger partial charge is 0.251 e. The van der Waals surface area contributed by atoms with Gasteiger partial charge in [0.1, 0.15) is 5.82 Å². The van der Waals surface area contributed by atoms with E-state index >= 15 is 0 Å². The van der Waals surface area contributed by atoms with Crippen molar-refractivity contribution in [2.24, 2.45) is 0 Å². The van der Waals surface area contributed by atoms with Gasteiger partial charge in [0.25, 0.3) is 5.91 Å². The van der Waals surface area contributed by atoms with Crippen LogP contribution in [0.4, 0.5) is 11.5 Å². The zero-order valence-electron chi connectivity index (χ0n) is 16.3. The van der Waals surface area contributed by atoms with E-state index in [0.717, 1.165) is 22.6 Å². The summed E-state index contributed by atoms with van der Waals surface area (Å²) < 4.78 is 0.522. The molecule has 2 unspecified atom stereocenters. The highest BCUT2D eigenvalue weighted by Crippen LogP contribution is 2.42. The summed E-state index contributed by atoms with van der Waals surface area (Å²) in [6.45, 7) is 3.72. The van der Waals surface area contributed by atoms with Crippen LogP contribution in [0, 0.1) is 0 Å². The molecule has 6 nitrogen and oxygen atoms in total. The van der Waals surface area contributed by atoms with E-state index in [1.807, 2.05) is 54.6 Å². The molecule has 2 atom stereocenters. The van der Waals surface area contributed by atoms with Crippen LogP contribution >= 0.6 is 11.8 Å². The number of hydrogen-bond donors (Lipinski definition) is 2. The Labute approximate surface area is 173 Å². The lowest BCUT2D eigenvalue weighted by molar-refractivity contribution is -0.126. The van der Waals surface area contributed by atoms with Crippen molar-refractivity contribution < 1.29 is 9.59 Å². The Morgan fingerprint density at radius 3 is 2.66 bits per heavy atom. The van der Waals surface area contributed by atoms with Crippen molar-refractivity contribution in [1.82, 2.24) is 9.78 Å². The van der Waals surface area contributed by atoms with Crippen LogP contribution in [0.25, 0.3) is 0 Å². The molecule has 148 valence electrons. The molecule has 7 heteroatoms. The van der Waals surface area contributed by atoms with Crippen molar-refractivity contribution >= 4 is 35.1 Å². The van der Waals surface area contributed by atoms with Crippen LogP contribution in [-0.2, 0) is 9.59 Å². The van der Waals surface area contributed by atoms with Crippen molar-refractivity contribution in [2.75, 3.05) is 10.6 Å². The minimum Gasteiger partial charge on any atom is -0.323 e. The number of carbonyl (C=O) groups is 2. The fraction of sp³-hybridized carbons (Fsp3) is 0.227. The summed E-state index contributed by atoms with van der Waals surface area (Å²) in [5.41, 5.74) is 1.84. The third-order valence-electron chi connectivity index (χ3n) is 5.09. The molecule has 0 fully saturated rings. The number of hydrogen-bond acceptors (Lipinski definition) is 4. The number of anilines is 2. The van der Waals surface area contributed by atoms with Crippen LogP contribution in [-0.4, -0.2) is 26.3 Å². The van der Waals surface area contributed by atoms with E-state index < -0.39 is 4.75 Å². The fourth-order valence-electron chi connectivity index (χ4n) is 3.44. The minimum atomic E-state index is -1.28. The summed E-state index contributed by atoms with van der Waals surface area (Å²) in [5, 5.41) is 10.2. The van der Waals surface area contributed by atoms with Gasteiger partial charge in [0, 0.05) is 11.0 Å². The molecule has 4 rings (SSSR count). The normalized spacial score (nSPS) is 19.2. The number of carbonyl (C=O) groups excluding carboxylic acids is 2. The molecule has 2 heterocycles. The molecule has 1 aliphatic heterocycles. The third kappa shape index (κ3) is 3.53. The zero-order chi connectivity index (χ0) is 20.4. The molecule has 0 aliphatic carbocycles. The van der Waals surface area contributed by atoms with Crippen molar-refractivity contribution in [3.8, 4) is 0 Å². The second kappa shape index (κ2) is 7.75. The SMILES string of the molecule is CCC(c1ccccc1)n1nccc1NC(=O)C1(C)Sc2ccccc2NC1=O. The molecular weight excluding hydrogens is 384 g/mol. The maximum absolute atomic E-state index is 13.2. The third-order valence-corrected chi connectivity index (χ3v) is 6.45. The van der Waals surface area contributed by atoms with Gasteiger partial charge in [-0.3, -0.25) is 9.59 Å². The van der Waals surface area contributed by atoms with Gasteiger partial charge in [-0.15, -0.1) is 0 Å². The van der Waals surface area contributed by atoms with E-state index in [-0.39, 0.29) is 17.9 Å². The molecule has 2 N–H and O–H groups in total. The summed E-state index contributed by atoms with van der Waals surface area (Å²) in [6.07, 6.45) is 2.47. The first-order valence-electron chi connectivity index (χ1n) is 9.52. The number of rotatable bonds is 5. The van der Waals surface area contributed by atoms with Crippen LogP contribution in [0.2, 0.25) is 0 Å². The van der Waals surface area contributed by atoms with E-state index in [1.165, 1.54) is 11.8 Å². The highest BCUT2D eigenvalue weighted by molar-refractivity contribution is 8.02. The maximum atomic E-state index is 13.2. The van der Waals surface area contributed by atoms with Gasteiger partial charge in [-0.05, 0) is 31.0 Å². The van der Waals surface area contributed by atoms with Crippen molar-refractivity contribution in [3.63, 3.8) is 0 Å². The molecule has 0 bridgehead atoms. The standard InChI is InChI=1S/C22H22N4O2S/c1-3-17(15-9-5-4-6-10-15)26-19(13-14-23-26)25-21(28)22(2)20(27)24-16-11-7-8-12-18(16)29-22/h4-14,17H,3H2,1-2H3,(H,24,27)(H,25,28). The van der Waals surface area contributed by atoms with Gasteiger partial charge in [-0.1, -0.05) is 61.2 Å². The van der Waals surface area contributed by atoms with E-state index in [0.29, 0.717) is 5.82 Å². The number of amides is 2. The zero-order valence-corrected chi connectivity index (χ0v) is 17.1. The number of aromatic nitrogens is 2. The Balaban J connectivity index is 1.60. The molecule has 3 aromatic rings. The summed E-state index contributed by atoms with van der Waals surface area (Å²) in [4.78, 5) is 26.8. The van der Waals surface area contributed by atoms with Crippen LogP contribution in [0.15, 0.2) is 71.8 Å².